The van der Waals surface area contributed by atoms with Crippen molar-refractivity contribution in [3.05, 3.63) is 28.9 Å². The Balaban J connectivity index is 1.71. The summed E-state index contributed by atoms with van der Waals surface area (Å²) in [5.74, 6) is 1.60. The molecule has 0 spiro atoms. The van der Waals surface area contributed by atoms with Gasteiger partial charge in [0.2, 0.25) is 0 Å². The van der Waals surface area contributed by atoms with E-state index in [0.29, 0.717) is 5.02 Å². The summed E-state index contributed by atoms with van der Waals surface area (Å²) in [4.78, 5) is 9.30. The lowest BCUT2D eigenvalue weighted by molar-refractivity contribution is 0.337. The molecule has 0 aromatic carbocycles. The Hall–Kier alpha value is -1.50. The monoisotopic (exact) mass is 360 g/mol. The van der Waals surface area contributed by atoms with Crippen molar-refractivity contribution in [2.24, 2.45) is 24.4 Å². The van der Waals surface area contributed by atoms with Crippen molar-refractivity contribution in [3.63, 3.8) is 0 Å². The maximum atomic E-state index is 6.45. The lowest BCUT2D eigenvalue weighted by Gasteiger charge is -2.31. The molecule has 0 bridgehead atoms. The molecule has 4 N–H and O–H groups in total. The quantitative estimate of drug-likeness (QED) is 0.872. The van der Waals surface area contributed by atoms with Gasteiger partial charge in [0.25, 0.3) is 0 Å². The molecule has 0 saturated heterocycles. The molecular formula is C18H25ClN6. The SMILES string of the molecule is Cn1ncc(-c2nc(C3CC(N)CCC3N)ncc2Cl)c1CC1CC1. The summed E-state index contributed by atoms with van der Waals surface area (Å²) in [6.45, 7) is 0. The predicted octanol–water partition coefficient (Wildman–Crippen LogP) is 2.41. The first kappa shape index (κ1) is 16.9. The molecule has 0 amide bonds. The van der Waals surface area contributed by atoms with Crippen LogP contribution in [0.25, 0.3) is 11.3 Å². The van der Waals surface area contributed by atoms with Crippen molar-refractivity contribution in [1.82, 2.24) is 19.7 Å². The van der Waals surface area contributed by atoms with Crippen LogP contribution in [0.4, 0.5) is 0 Å². The molecule has 4 rings (SSSR count). The van der Waals surface area contributed by atoms with E-state index in [1.807, 2.05) is 17.9 Å². The fraction of sp³-hybridized carbons (Fsp3) is 0.611. The zero-order valence-corrected chi connectivity index (χ0v) is 15.3. The summed E-state index contributed by atoms with van der Waals surface area (Å²) in [5.41, 5.74) is 15.4. The number of rotatable bonds is 4. The molecule has 3 unspecified atom stereocenters. The molecule has 2 aromatic heterocycles. The lowest BCUT2D eigenvalue weighted by Crippen LogP contribution is -2.40. The summed E-state index contributed by atoms with van der Waals surface area (Å²) in [6, 6.07) is 0.213. The molecule has 2 aromatic rings. The van der Waals surface area contributed by atoms with Crippen molar-refractivity contribution >= 4 is 11.6 Å². The Morgan fingerprint density at radius 1 is 1.20 bits per heavy atom. The van der Waals surface area contributed by atoms with Gasteiger partial charge in [-0.3, -0.25) is 4.68 Å². The van der Waals surface area contributed by atoms with E-state index in [9.17, 15) is 0 Å². The third kappa shape index (κ3) is 3.43. The van der Waals surface area contributed by atoms with Crippen LogP contribution in [0.5, 0.6) is 0 Å². The van der Waals surface area contributed by atoms with Crippen LogP contribution < -0.4 is 11.5 Å². The molecule has 0 aliphatic heterocycles. The lowest BCUT2D eigenvalue weighted by atomic mass is 9.82. The summed E-state index contributed by atoms with van der Waals surface area (Å²) < 4.78 is 1.94. The Labute approximate surface area is 153 Å². The number of nitrogens with two attached hydrogens (primary N) is 2. The van der Waals surface area contributed by atoms with Gasteiger partial charge in [-0.15, -0.1) is 0 Å². The van der Waals surface area contributed by atoms with Gasteiger partial charge in [0.15, 0.2) is 0 Å². The highest BCUT2D eigenvalue weighted by Gasteiger charge is 2.31. The van der Waals surface area contributed by atoms with Gasteiger partial charge in [-0.25, -0.2) is 9.97 Å². The highest BCUT2D eigenvalue weighted by Crippen LogP contribution is 2.37. The largest absolute Gasteiger partial charge is 0.328 e. The van der Waals surface area contributed by atoms with Crippen LogP contribution in [0.2, 0.25) is 5.02 Å². The summed E-state index contributed by atoms with van der Waals surface area (Å²) in [6.07, 6.45) is 9.87. The number of nitrogens with zero attached hydrogens (tertiary/aromatic N) is 4. The number of aryl methyl sites for hydroxylation is 1. The van der Waals surface area contributed by atoms with Crippen LogP contribution in [-0.4, -0.2) is 31.8 Å². The molecule has 2 aliphatic carbocycles. The number of aromatic nitrogens is 4. The molecule has 3 atom stereocenters. The number of hydrogen-bond acceptors (Lipinski definition) is 5. The Kier molecular flexibility index (Phi) is 4.52. The first-order valence-electron chi connectivity index (χ1n) is 9.07. The summed E-state index contributed by atoms with van der Waals surface area (Å²) in [7, 11) is 1.98. The first-order valence-corrected chi connectivity index (χ1v) is 9.45. The number of hydrogen-bond donors (Lipinski definition) is 2. The standard InChI is InChI=1S/C18H25ClN6/c1-25-16(6-10-2-3-10)13(8-23-25)17-14(19)9-22-18(24-17)12-7-11(20)4-5-15(12)21/h8-12,15H,2-7,20-21H2,1H3. The van der Waals surface area contributed by atoms with Crippen molar-refractivity contribution in [1.29, 1.82) is 0 Å². The van der Waals surface area contributed by atoms with E-state index < -0.39 is 0 Å². The number of halogens is 1. The van der Waals surface area contributed by atoms with Gasteiger partial charge in [-0.05, 0) is 44.4 Å². The molecule has 6 nitrogen and oxygen atoms in total. The second-order valence-electron chi connectivity index (χ2n) is 7.54. The normalized spacial score (nSPS) is 26.8. The van der Waals surface area contributed by atoms with E-state index in [4.69, 9.17) is 28.1 Å². The average molecular weight is 361 g/mol. The Bertz CT molecular complexity index is 769. The second-order valence-corrected chi connectivity index (χ2v) is 7.95. The van der Waals surface area contributed by atoms with Crippen molar-refractivity contribution < 1.29 is 0 Å². The minimum absolute atomic E-state index is 0.0497. The Morgan fingerprint density at radius 3 is 2.76 bits per heavy atom. The van der Waals surface area contributed by atoms with E-state index >= 15 is 0 Å². The molecule has 2 aliphatic rings. The van der Waals surface area contributed by atoms with Crippen LogP contribution in [0.3, 0.4) is 0 Å². The topological polar surface area (TPSA) is 95.6 Å². The fourth-order valence-corrected chi connectivity index (χ4v) is 3.96. The fourth-order valence-electron chi connectivity index (χ4n) is 3.77. The smallest absolute Gasteiger partial charge is 0.133 e. The predicted molar refractivity (Wildman–Crippen MR) is 98.2 cm³/mol. The van der Waals surface area contributed by atoms with E-state index in [-0.39, 0.29) is 18.0 Å². The van der Waals surface area contributed by atoms with Crippen molar-refractivity contribution in [3.8, 4) is 11.3 Å². The van der Waals surface area contributed by atoms with Gasteiger partial charge >= 0.3 is 0 Å². The third-order valence-electron chi connectivity index (χ3n) is 5.53. The van der Waals surface area contributed by atoms with Crippen LogP contribution >= 0.6 is 11.6 Å². The van der Waals surface area contributed by atoms with Crippen molar-refractivity contribution in [2.75, 3.05) is 0 Å². The second kappa shape index (κ2) is 6.67. The highest BCUT2D eigenvalue weighted by atomic mass is 35.5. The van der Waals surface area contributed by atoms with E-state index in [0.717, 1.165) is 48.7 Å². The van der Waals surface area contributed by atoms with Gasteiger partial charge in [0.05, 0.1) is 16.9 Å². The van der Waals surface area contributed by atoms with Crippen LogP contribution in [-0.2, 0) is 13.5 Å². The van der Waals surface area contributed by atoms with E-state index in [1.54, 1.807) is 6.20 Å². The highest BCUT2D eigenvalue weighted by molar-refractivity contribution is 6.32. The van der Waals surface area contributed by atoms with Crippen LogP contribution in [0.1, 0.15) is 49.5 Å². The maximum Gasteiger partial charge on any atom is 0.133 e. The molecule has 2 heterocycles. The molecule has 2 saturated carbocycles. The zero-order chi connectivity index (χ0) is 17.6. The minimum Gasteiger partial charge on any atom is -0.328 e. The minimum atomic E-state index is 0.0497. The van der Waals surface area contributed by atoms with Gasteiger partial charge in [0.1, 0.15) is 5.82 Å². The maximum absolute atomic E-state index is 6.45. The van der Waals surface area contributed by atoms with Crippen molar-refractivity contribution in [2.45, 2.75) is 56.5 Å². The van der Waals surface area contributed by atoms with Crippen LogP contribution in [0.15, 0.2) is 12.4 Å². The van der Waals surface area contributed by atoms with E-state index in [1.165, 1.54) is 18.5 Å². The third-order valence-corrected chi connectivity index (χ3v) is 5.81. The van der Waals surface area contributed by atoms with Crippen LogP contribution in [0, 0.1) is 5.92 Å². The van der Waals surface area contributed by atoms with E-state index in [2.05, 4.69) is 10.1 Å². The molecule has 134 valence electrons. The average Bonchev–Trinajstić information content (AvgIpc) is 3.34. The molecular weight excluding hydrogens is 336 g/mol. The summed E-state index contributed by atoms with van der Waals surface area (Å²) >= 11 is 6.45. The van der Waals surface area contributed by atoms with Gasteiger partial charge in [-0.1, -0.05) is 11.6 Å². The van der Waals surface area contributed by atoms with Gasteiger partial charge < -0.3 is 11.5 Å². The Morgan fingerprint density at radius 2 is 2.00 bits per heavy atom. The molecule has 25 heavy (non-hydrogen) atoms. The molecule has 2 fully saturated rings. The van der Waals surface area contributed by atoms with Gasteiger partial charge in [0, 0.05) is 42.5 Å². The molecule has 7 heteroatoms. The zero-order valence-electron chi connectivity index (χ0n) is 14.5. The summed E-state index contributed by atoms with van der Waals surface area (Å²) in [5, 5.41) is 4.99. The first-order chi connectivity index (χ1) is 12.0. The van der Waals surface area contributed by atoms with Gasteiger partial charge in [-0.2, -0.15) is 5.10 Å². The molecule has 0 radical (unpaired) electrons.